The van der Waals surface area contributed by atoms with Gasteiger partial charge in [0.1, 0.15) is 0 Å². The fourth-order valence-corrected chi connectivity index (χ4v) is 4.95. The number of rotatable bonds is 1. The molecule has 2 N–H and O–H groups in total. The van der Waals surface area contributed by atoms with E-state index in [1.54, 1.807) is 11.3 Å². The standard InChI is InChI=1S/C8H8N3.3CH3.Sn/c9-11-5-7-3-1-2-4-8(7)10-6-11;;;;/h1,3-4,6H,5,9H2;3*1H3;. The molecule has 1 heterocycles. The van der Waals surface area contributed by atoms with Gasteiger partial charge in [0.25, 0.3) is 0 Å². The Kier molecular flexibility index (Phi) is 2.77. The van der Waals surface area contributed by atoms with Crippen LogP contribution in [-0.2, 0) is 6.54 Å². The fraction of sp³-hybridized carbons (Fsp3) is 0.364. The summed E-state index contributed by atoms with van der Waals surface area (Å²) in [5, 5.41) is 1.61. The number of aliphatic imine (C=N–C) groups is 1. The Hall–Kier alpha value is -0.551. The summed E-state index contributed by atoms with van der Waals surface area (Å²) in [5.41, 5.74) is 2.32. The number of hydrogen-bond acceptors (Lipinski definition) is 3. The zero-order chi connectivity index (χ0) is 11.1. The van der Waals surface area contributed by atoms with Gasteiger partial charge >= 0.3 is 95.0 Å². The van der Waals surface area contributed by atoms with Gasteiger partial charge in [-0.25, -0.2) is 0 Å². The number of hydrazine groups is 1. The first kappa shape index (κ1) is 10.9. The van der Waals surface area contributed by atoms with Crippen LogP contribution in [0.1, 0.15) is 5.56 Å². The summed E-state index contributed by atoms with van der Waals surface area (Å²) >= 11 is -1.94. The van der Waals surface area contributed by atoms with Crippen LogP contribution >= 0.6 is 0 Å². The Labute approximate surface area is 94.8 Å². The van der Waals surface area contributed by atoms with Crippen molar-refractivity contribution in [2.75, 3.05) is 0 Å². The molecule has 4 heteroatoms. The first-order chi connectivity index (χ1) is 6.97. The van der Waals surface area contributed by atoms with Crippen molar-refractivity contribution in [3.05, 3.63) is 23.8 Å². The molecule has 0 fully saturated rings. The fourth-order valence-electron chi connectivity index (χ4n) is 1.66. The van der Waals surface area contributed by atoms with E-state index in [2.05, 4.69) is 38.0 Å². The van der Waals surface area contributed by atoms with Crippen LogP contribution in [-0.4, -0.2) is 29.7 Å². The van der Waals surface area contributed by atoms with Crippen molar-refractivity contribution < 1.29 is 0 Å². The summed E-state index contributed by atoms with van der Waals surface area (Å²) in [7, 11) is 0. The van der Waals surface area contributed by atoms with Gasteiger partial charge in [-0.15, -0.1) is 0 Å². The topological polar surface area (TPSA) is 41.6 Å². The van der Waals surface area contributed by atoms with Gasteiger partial charge in [0.05, 0.1) is 0 Å². The van der Waals surface area contributed by atoms with Crippen molar-refractivity contribution in [2.45, 2.75) is 21.4 Å². The minimum atomic E-state index is -1.94. The van der Waals surface area contributed by atoms with E-state index in [4.69, 9.17) is 5.84 Å². The molecule has 0 amide bonds. The normalized spacial score (nSPS) is 15.3. The Morgan fingerprint density at radius 2 is 2.07 bits per heavy atom. The molecule has 0 radical (unpaired) electrons. The maximum absolute atomic E-state index is 5.67. The van der Waals surface area contributed by atoms with Gasteiger partial charge in [0.2, 0.25) is 0 Å². The molecule has 1 aromatic carbocycles. The van der Waals surface area contributed by atoms with Crippen LogP contribution in [0.15, 0.2) is 23.2 Å². The monoisotopic (exact) mass is 311 g/mol. The van der Waals surface area contributed by atoms with Crippen LogP contribution in [0.25, 0.3) is 0 Å². The Balaban J connectivity index is 2.42. The molecular formula is C11H17N3Sn. The average molecular weight is 310 g/mol. The zero-order valence-electron chi connectivity index (χ0n) is 9.49. The molecule has 1 aliphatic rings. The van der Waals surface area contributed by atoms with E-state index >= 15 is 0 Å². The minimum absolute atomic E-state index is 0.763. The second-order valence-electron chi connectivity index (χ2n) is 5.01. The molecule has 0 aromatic heterocycles. The zero-order valence-corrected chi connectivity index (χ0v) is 12.3. The molecule has 0 aliphatic carbocycles. The third kappa shape index (κ3) is 2.34. The summed E-state index contributed by atoms with van der Waals surface area (Å²) in [6.07, 6.45) is 1.70. The van der Waals surface area contributed by atoms with E-state index in [0.717, 1.165) is 12.2 Å². The first-order valence-electron chi connectivity index (χ1n) is 5.16. The van der Waals surface area contributed by atoms with Crippen LogP contribution in [0.5, 0.6) is 0 Å². The summed E-state index contributed by atoms with van der Waals surface area (Å²) in [6.45, 7) is 0.763. The summed E-state index contributed by atoms with van der Waals surface area (Å²) in [4.78, 5) is 11.6. The van der Waals surface area contributed by atoms with E-state index in [1.807, 2.05) is 0 Å². The molecule has 80 valence electrons. The quantitative estimate of drug-likeness (QED) is 0.632. The van der Waals surface area contributed by atoms with Crippen LogP contribution in [0.2, 0.25) is 14.8 Å². The SMILES string of the molecule is [CH3][Sn]([CH3])([CH3])[c]1ccc2c(c1)N=CN(N)C2. The van der Waals surface area contributed by atoms with Crippen LogP contribution in [0.3, 0.4) is 0 Å². The average Bonchev–Trinajstić information content (AvgIpc) is 2.15. The van der Waals surface area contributed by atoms with Crippen LogP contribution in [0, 0.1) is 0 Å². The summed E-state index contributed by atoms with van der Waals surface area (Å²) in [6, 6.07) is 6.67. The Bertz CT molecular complexity index is 407. The molecule has 0 saturated heterocycles. The van der Waals surface area contributed by atoms with E-state index in [-0.39, 0.29) is 0 Å². The Morgan fingerprint density at radius 1 is 1.33 bits per heavy atom. The number of fused-ring (bicyclic) bond motifs is 1. The first-order valence-corrected chi connectivity index (χ1v) is 15.1. The molecule has 15 heavy (non-hydrogen) atoms. The van der Waals surface area contributed by atoms with Gasteiger partial charge in [-0.1, -0.05) is 0 Å². The number of nitrogens with two attached hydrogens (primary N) is 1. The Morgan fingerprint density at radius 3 is 2.73 bits per heavy atom. The van der Waals surface area contributed by atoms with Crippen molar-refractivity contribution in [3.63, 3.8) is 0 Å². The number of hydrogen-bond donors (Lipinski definition) is 1. The van der Waals surface area contributed by atoms with Crippen molar-refractivity contribution >= 4 is 34.0 Å². The molecule has 1 aromatic rings. The van der Waals surface area contributed by atoms with E-state index in [1.165, 1.54) is 9.14 Å². The van der Waals surface area contributed by atoms with Gasteiger partial charge in [-0.3, -0.25) is 0 Å². The third-order valence-electron chi connectivity index (χ3n) is 2.65. The van der Waals surface area contributed by atoms with Crippen molar-refractivity contribution in [1.82, 2.24) is 5.01 Å². The van der Waals surface area contributed by atoms with Crippen molar-refractivity contribution in [1.29, 1.82) is 0 Å². The number of benzene rings is 1. The summed E-state index contributed by atoms with van der Waals surface area (Å²) < 4.78 is 1.52. The van der Waals surface area contributed by atoms with Gasteiger partial charge in [0, 0.05) is 0 Å². The molecule has 2 rings (SSSR count). The van der Waals surface area contributed by atoms with E-state index in [0.29, 0.717) is 0 Å². The molecule has 0 saturated carbocycles. The molecule has 1 aliphatic heterocycles. The van der Waals surface area contributed by atoms with Gasteiger partial charge in [-0.2, -0.15) is 0 Å². The summed E-state index contributed by atoms with van der Waals surface area (Å²) in [5.74, 6) is 5.67. The predicted molar refractivity (Wildman–Crippen MR) is 67.3 cm³/mol. The predicted octanol–water partition coefficient (Wildman–Crippen LogP) is 1.58. The molecular weight excluding hydrogens is 293 g/mol. The van der Waals surface area contributed by atoms with Gasteiger partial charge < -0.3 is 0 Å². The van der Waals surface area contributed by atoms with Gasteiger partial charge in [0.15, 0.2) is 0 Å². The van der Waals surface area contributed by atoms with Crippen LogP contribution in [0.4, 0.5) is 5.69 Å². The molecule has 3 nitrogen and oxygen atoms in total. The van der Waals surface area contributed by atoms with Gasteiger partial charge in [-0.05, 0) is 0 Å². The van der Waals surface area contributed by atoms with E-state index in [9.17, 15) is 0 Å². The number of nitrogens with zero attached hydrogens (tertiary/aromatic N) is 2. The molecule has 0 spiro atoms. The second-order valence-corrected chi connectivity index (χ2v) is 19.5. The molecule has 0 atom stereocenters. The second kappa shape index (κ2) is 3.79. The van der Waals surface area contributed by atoms with Crippen molar-refractivity contribution in [3.8, 4) is 0 Å². The van der Waals surface area contributed by atoms with E-state index < -0.39 is 18.4 Å². The van der Waals surface area contributed by atoms with Crippen LogP contribution < -0.4 is 9.42 Å². The van der Waals surface area contributed by atoms with Crippen molar-refractivity contribution in [2.24, 2.45) is 10.8 Å². The maximum atomic E-state index is 5.67. The third-order valence-corrected chi connectivity index (χ3v) is 8.48. The molecule has 0 unspecified atom stereocenters. The molecule has 0 bridgehead atoms.